The molecule has 228 valence electrons. The van der Waals surface area contributed by atoms with Gasteiger partial charge in [-0.1, -0.05) is 195 Å². The lowest BCUT2D eigenvalue weighted by molar-refractivity contribution is -0.127. The molecule has 0 heterocycles. The Morgan fingerprint density at radius 3 is 0.763 bits per heavy atom. The Bertz CT molecular complexity index is 416. The molecule has 2 unspecified atom stereocenters. The van der Waals surface area contributed by atoms with E-state index in [4.69, 9.17) is 0 Å². The van der Waals surface area contributed by atoms with Gasteiger partial charge in [0.15, 0.2) is 0 Å². The third-order valence-corrected chi connectivity index (χ3v) is 9.10. The minimum atomic E-state index is 0.328. The van der Waals surface area contributed by atoms with Gasteiger partial charge in [0.2, 0.25) is 0 Å². The van der Waals surface area contributed by atoms with Crippen LogP contribution in [0.3, 0.4) is 0 Å². The normalized spacial score (nSPS) is 13.2. The van der Waals surface area contributed by atoms with Crippen molar-refractivity contribution in [3.63, 3.8) is 0 Å². The van der Waals surface area contributed by atoms with Crippen LogP contribution < -0.4 is 0 Å². The van der Waals surface area contributed by atoms with Crippen molar-refractivity contribution in [1.29, 1.82) is 0 Å². The zero-order valence-electron chi connectivity index (χ0n) is 27.3. The fourth-order valence-corrected chi connectivity index (χ4v) is 6.25. The first-order chi connectivity index (χ1) is 18.7. The van der Waals surface area contributed by atoms with Gasteiger partial charge in [0.05, 0.1) is 0 Å². The monoisotopic (exact) mass is 535 g/mol. The van der Waals surface area contributed by atoms with Crippen LogP contribution in [-0.4, -0.2) is 5.78 Å². The highest BCUT2D eigenvalue weighted by molar-refractivity contribution is 5.83. The van der Waals surface area contributed by atoms with Crippen molar-refractivity contribution < 1.29 is 4.79 Å². The van der Waals surface area contributed by atoms with E-state index < -0.39 is 0 Å². The number of carbonyl (C=O) groups is 1. The predicted octanol–water partition coefficient (Wildman–Crippen LogP) is 13.6. The molecule has 0 aromatic carbocycles. The van der Waals surface area contributed by atoms with E-state index in [1.54, 1.807) is 0 Å². The second kappa shape index (κ2) is 31.2. The molecule has 0 saturated heterocycles. The maximum Gasteiger partial charge on any atom is 0.139 e. The van der Waals surface area contributed by atoms with Gasteiger partial charge in [-0.05, 0) is 25.7 Å². The highest BCUT2D eigenvalue weighted by Gasteiger charge is 2.23. The SMILES string of the molecule is CCCCCCCCCCCCCCCC(CC)C(=O)C(CC)CCCCCCCCCCCCCCC. The van der Waals surface area contributed by atoms with Crippen molar-refractivity contribution in [3.8, 4) is 0 Å². The number of hydrogen-bond donors (Lipinski definition) is 0. The Morgan fingerprint density at radius 1 is 0.342 bits per heavy atom. The summed E-state index contributed by atoms with van der Waals surface area (Å²) in [7, 11) is 0. The summed E-state index contributed by atoms with van der Waals surface area (Å²) in [6.07, 6.45) is 40.8. The van der Waals surface area contributed by atoms with E-state index in [2.05, 4.69) is 27.7 Å². The summed E-state index contributed by atoms with van der Waals surface area (Å²) in [6, 6.07) is 0. The van der Waals surface area contributed by atoms with Crippen molar-refractivity contribution >= 4 is 5.78 Å². The lowest BCUT2D eigenvalue weighted by Gasteiger charge is -2.21. The van der Waals surface area contributed by atoms with Gasteiger partial charge in [-0.15, -0.1) is 0 Å². The van der Waals surface area contributed by atoms with E-state index in [1.807, 2.05) is 0 Å². The summed E-state index contributed by atoms with van der Waals surface area (Å²) in [5.74, 6) is 1.26. The largest absolute Gasteiger partial charge is 0.299 e. The number of rotatable bonds is 32. The highest BCUT2D eigenvalue weighted by Crippen LogP contribution is 2.25. The zero-order chi connectivity index (χ0) is 27.9. The molecule has 0 radical (unpaired) electrons. The van der Waals surface area contributed by atoms with Crippen LogP contribution in [0.2, 0.25) is 0 Å². The molecular weight excluding hydrogens is 460 g/mol. The van der Waals surface area contributed by atoms with Gasteiger partial charge in [-0.25, -0.2) is 0 Å². The summed E-state index contributed by atoms with van der Waals surface area (Å²) in [6.45, 7) is 9.07. The van der Waals surface area contributed by atoms with Gasteiger partial charge in [0, 0.05) is 11.8 Å². The molecule has 0 aliphatic heterocycles. The Morgan fingerprint density at radius 2 is 0.553 bits per heavy atom. The van der Waals surface area contributed by atoms with Gasteiger partial charge in [0.25, 0.3) is 0 Å². The molecule has 0 fully saturated rings. The Hall–Kier alpha value is -0.330. The first kappa shape index (κ1) is 37.7. The fourth-order valence-electron chi connectivity index (χ4n) is 6.25. The van der Waals surface area contributed by atoms with E-state index in [0.29, 0.717) is 17.6 Å². The molecule has 0 rings (SSSR count). The minimum Gasteiger partial charge on any atom is -0.299 e. The molecule has 0 N–H and O–H groups in total. The minimum absolute atomic E-state index is 0.328. The quantitative estimate of drug-likeness (QED) is 0.0784. The molecule has 0 aromatic rings. The van der Waals surface area contributed by atoms with E-state index in [0.717, 1.165) is 25.7 Å². The lowest BCUT2D eigenvalue weighted by atomic mass is 9.83. The van der Waals surface area contributed by atoms with Crippen molar-refractivity contribution in [2.45, 2.75) is 220 Å². The van der Waals surface area contributed by atoms with Crippen molar-refractivity contribution in [3.05, 3.63) is 0 Å². The molecular formula is C37H74O. The smallest absolute Gasteiger partial charge is 0.139 e. The van der Waals surface area contributed by atoms with E-state index in [-0.39, 0.29) is 0 Å². The third kappa shape index (κ3) is 24.7. The molecule has 0 aromatic heterocycles. The first-order valence-electron chi connectivity index (χ1n) is 18.2. The number of ketones is 1. The molecule has 0 aliphatic rings. The number of unbranched alkanes of at least 4 members (excludes halogenated alkanes) is 24. The molecule has 0 bridgehead atoms. The third-order valence-electron chi connectivity index (χ3n) is 9.10. The predicted molar refractivity (Wildman–Crippen MR) is 173 cm³/mol. The van der Waals surface area contributed by atoms with E-state index >= 15 is 0 Å². The van der Waals surface area contributed by atoms with Crippen LogP contribution in [-0.2, 0) is 4.79 Å². The van der Waals surface area contributed by atoms with Crippen LogP contribution in [0.5, 0.6) is 0 Å². The molecule has 2 atom stereocenters. The maximum absolute atomic E-state index is 13.2. The first-order valence-corrected chi connectivity index (χ1v) is 18.2. The van der Waals surface area contributed by atoms with Gasteiger partial charge in [-0.3, -0.25) is 4.79 Å². The van der Waals surface area contributed by atoms with Crippen molar-refractivity contribution in [1.82, 2.24) is 0 Å². The maximum atomic E-state index is 13.2. The molecule has 38 heavy (non-hydrogen) atoms. The summed E-state index contributed by atoms with van der Waals surface area (Å²) < 4.78 is 0. The average molecular weight is 535 g/mol. The number of carbonyl (C=O) groups excluding carboxylic acids is 1. The Kier molecular flexibility index (Phi) is 30.9. The van der Waals surface area contributed by atoms with Gasteiger partial charge in [-0.2, -0.15) is 0 Å². The molecule has 0 spiro atoms. The lowest BCUT2D eigenvalue weighted by Crippen LogP contribution is -2.23. The summed E-state index contributed by atoms with van der Waals surface area (Å²) in [5.41, 5.74) is 0. The average Bonchev–Trinajstić information content (AvgIpc) is 2.93. The van der Waals surface area contributed by atoms with Gasteiger partial charge in [0.1, 0.15) is 5.78 Å². The molecule has 0 aliphatic carbocycles. The number of hydrogen-bond acceptors (Lipinski definition) is 1. The van der Waals surface area contributed by atoms with Crippen molar-refractivity contribution in [2.24, 2.45) is 11.8 Å². The summed E-state index contributed by atoms with van der Waals surface area (Å²) in [4.78, 5) is 13.2. The van der Waals surface area contributed by atoms with Crippen LogP contribution >= 0.6 is 0 Å². The summed E-state index contributed by atoms with van der Waals surface area (Å²) in [5, 5.41) is 0. The van der Waals surface area contributed by atoms with Gasteiger partial charge >= 0.3 is 0 Å². The van der Waals surface area contributed by atoms with Crippen molar-refractivity contribution in [2.75, 3.05) is 0 Å². The molecule has 0 saturated carbocycles. The van der Waals surface area contributed by atoms with Gasteiger partial charge < -0.3 is 0 Å². The van der Waals surface area contributed by atoms with E-state index in [9.17, 15) is 4.79 Å². The topological polar surface area (TPSA) is 17.1 Å². The van der Waals surface area contributed by atoms with Crippen LogP contribution in [0.25, 0.3) is 0 Å². The second-order valence-electron chi connectivity index (χ2n) is 12.7. The van der Waals surface area contributed by atoms with Crippen LogP contribution in [0.4, 0.5) is 0 Å². The van der Waals surface area contributed by atoms with Crippen LogP contribution in [0.1, 0.15) is 220 Å². The molecule has 0 amide bonds. The number of Topliss-reactive ketones (excluding diaryl/α,β-unsaturated/α-hetero) is 1. The standard InChI is InChI=1S/C37H74O/c1-5-9-11-13-15-17-19-21-23-25-27-29-31-33-35(7-3)37(38)36(8-4)34-32-30-28-26-24-22-20-18-16-14-12-10-6-2/h35-36H,5-34H2,1-4H3. The van der Waals surface area contributed by atoms with Crippen LogP contribution in [0, 0.1) is 11.8 Å². The highest BCUT2D eigenvalue weighted by atomic mass is 16.1. The molecule has 1 nitrogen and oxygen atoms in total. The fraction of sp³-hybridized carbons (Fsp3) is 0.973. The zero-order valence-corrected chi connectivity index (χ0v) is 27.3. The van der Waals surface area contributed by atoms with Crippen LogP contribution in [0.15, 0.2) is 0 Å². The van der Waals surface area contributed by atoms with E-state index in [1.165, 1.54) is 167 Å². The molecule has 1 heteroatoms. The Labute approximate surface area is 242 Å². The Balaban J connectivity index is 3.69. The summed E-state index contributed by atoms with van der Waals surface area (Å²) >= 11 is 0. The second-order valence-corrected chi connectivity index (χ2v) is 12.7.